The number of unbranched alkanes of at least 4 members (excludes halogenated alkanes) is 2. The molecule has 2 nitrogen and oxygen atoms in total. The Balaban J connectivity index is 2.09. The lowest BCUT2D eigenvalue weighted by atomic mass is 10.2. The van der Waals surface area contributed by atoms with E-state index in [1.54, 1.807) is 0 Å². The highest BCUT2D eigenvalue weighted by Gasteiger charge is 2.12. The summed E-state index contributed by atoms with van der Waals surface area (Å²) in [6.45, 7) is 3.22. The summed E-state index contributed by atoms with van der Waals surface area (Å²) in [6, 6.07) is 16.3. The van der Waals surface area contributed by atoms with Crippen LogP contribution in [0.1, 0.15) is 26.2 Å². The van der Waals surface area contributed by atoms with Gasteiger partial charge in [0.15, 0.2) is 0 Å². The Hall–Kier alpha value is -1.80. The van der Waals surface area contributed by atoms with Gasteiger partial charge in [-0.25, -0.2) is 4.98 Å². The van der Waals surface area contributed by atoms with E-state index in [0.717, 1.165) is 28.5 Å². The Kier molecular flexibility index (Phi) is 4.26. The van der Waals surface area contributed by atoms with Crippen molar-refractivity contribution in [2.75, 3.05) is 0 Å². The number of rotatable bonds is 5. The molecule has 0 bridgehead atoms. The van der Waals surface area contributed by atoms with Crippen molar-refractivity contribution in [3.05, 3.63) is 53.6 Å². The number of aromatic nitrogens is 2. The third-order valence-corrected chi connectivity index (χ3v) is 3.96. The fourth-order valence-electron chi connectivity index (χ4n) is 2.67. The first-order chi connectivity index (χ1) is 10.3. The summed E-state index contributed by atoms with van der Waals surface area (Å²) >= 11 is 6.14. The maximum absolute atomic E-state index is 6.14. The molecule has 0 fully saturated rings. The van der Waals surface area contributed by atoms with Crippen LogP contribution in [0.2, 0.25) is 5.02 Å². The van der Waals surface area contributed by atoms with Crippen molar-refractivity contribution >= 4 is 22.6 Å². The van der Waals surface area contributed by atoms with Gasteiger partial charge in [0.25, 0.3) is 0 Å². The highest BCUT2D eigenvalue weighted by Crippen LogP contribution is 2.27. The molecule has 1 aromatic heterocycles. The van der Waals surface area contributed by atoms with Crippen LogP contribution in [0.4, 0.5) is 0 Å². The third kappa shape index (κ3) is 2.96. The zero-order valence-electron chi connectivity index (χ0n) is 12.2. The van der Waals surface area contributed by atoms with Gasteiger partial charge in [-0.1, -0.05) is 55.6 Å². The Morgan fingerprint density at radius 1 is 1.05 bits per heavy atom. The number of hydrogen-bond acceptors (Lipinski definition) is 1. The van der Waals surface area contributed by atoms with Crippen LogP contribution in [0.5, 0.6) is 0 Å². The van der Waals surface area contributed by atoms with E-state index in [1.807, 2.05) is 24.3 Å². The molecule has 0 spiro atoms. The lowest BCUT2D eigenvalue weighted by Gasteiger charge is -2.09. The van der Waals surface area contributed by atoms with E-state index in [1.165, 1.54) is 24.8 Å². The van der Waals surface area contributed by atoms with Gasteiger partial charge in [-0.2, -0.15) is 0 Å². The number of nitrogens with zero attached hydrogens (tertiary/aromatic N) is 2. The summed E-state index contributed by atoms with van der Waals surface area (Å²) in [7, 11) is 0. The zero-order chi connectivity index (χ0) is 14.7. The van der Waals surface area contributed by atoms with Crippen LogP contribution in [-0.2, 0) is 6.54 Å². The molecule has 21 heavy (non-hydrogen) atoms. The maximum Gasteiger partial charge on any atom is 0.141 e. The fourth-order valence-corrected chi connectivity index (χ4v) is 2.86. The second-order valence-electron chi connectivity index (χ2n) is 5.29. The Morgan fingerprint density at radius 2 is 1.90 bits per heavy atom. The molecule has 108 valence electrons. The van der Waals surface area contributed by atoms with Gasteiger partial charge < -0.3 is 4.57 Å². The lowest BCUT2D eigenvalue weighted by molar-refractivity contribution is 0.617. The summed E-state index contributed by atoms with van der Waals surface area (Å²) in [6.07, 6.45) is 3.63. The molecule has 0 amide bonds. The molecule has 0 saturated heterocycles. The summed E-state index contributed by atoms with van der Waals surface area (Å²) in [5, 5.41) is 0.750. The summed E-state index contributed by atoms with van der Waals surface area (Å²) in [4.78, 5) is 4.81. The van der Waals surface area contributed by atoms with Crippen LogP contribution in [0.15, 0.2) is 48.5 Å². The van der Waals surface area contributed by atoms with Crippen molar-refractivity contribution in [1.29, 1.82) is 0 Å². The third-order valence-electron chi connectivity index (χ3n) is 3.72. The minimum absolute atomic E-state index is 0.750. The maximum atomic E-state index is 6.14. The molecule has 0 unspecified atom stereocenters. The van der Waals surface area contributed by atoms with Gasteiger partial charge in [-0.15, -0.1) is 0 Å². The quantitative estimate of drug-likeness (QED) is 0.565. The summed E-state index contributed by atoms with van der Waals surface area (Å²) < 4.78 is 2.32. The van der Waals surface area contributed by atoms with E-state index in [0.29, 0.717) is 0 Å². The molecule has 0 aliphatic heterocycles. The molecule has 0 N–H and O–H groups in total. The minimum Gasteiger partial charge on any atom is -0.324 e. The van der Waals surface area contributed by atoms with Crippen molar-refractivity contribution in [2.24, 2.45) is 0 Å². The molecule has 3 aromatic rings. The average molecular weight is 299 g/mol. The molecular weight excluding hydrogens is 280 g/mol. The first-order valence-corrected chi connectivity index (χ1v) is 7.88. The standard InChI is InChI=1S/C18H19ClN2/c1-2-3-6-12-21-17-11-5-4-10-16(17)20-18(21)14-8-7-9-15(19)13-14/h4-5,7-11,13H,2-3,6,12H2,1H3. The number of para-hydroxylation sites is 2. The van der Waals surface area contributed by atoms with Crippen molar-refractivity contribution in [2.45, 2.75) is 32.7 Å². The fraction of sp³-hybridized carbons (Fsp3) is 0.278. The number of halogens is 1. The van der Waals surface area contributed by atoms with Crippen LogP contribution in [0.25, 0.3) is 22.4 Å². The number of fused-ring (bicyclic) bond motifs is 1. The van der Waals surface area contributed by atoms with Gasteiger partial charge in [-0.3, -0.25) is 0 Å². The second kappa shape index (κ2) is 6.31. The van der Waals surface area contributed by atoms with Crippen LogP contribution in [0.3, 0.4) is 0 Å². The monoisotopic (exact) mass is 298 g/mol. The lowest BCUT2D eigenvalue weighted by Crippen LogP contribution is -2.00. The first kappa shape index (κ1) is 14.2. The average Bonchev–Trinajstić information content (AvgIpc) is 2.87. The molecule has 3 rings (SSSR count). The van der Waals surface area contributed by atoms with Gasteiger partial charge in [-0.05, 0) is 30.7 Å². The normalized spacial score (nSPS) is 11.1. The van der Waals surface area contributed by atoms with Gasteiger partial charge in [0, 0.05) is 17.1 Å². The molecule has 0 radical (unpaired) electrons. The van der Waals surface area contributed by atoms with E-state index < -0.39 is 0 Å². The Bertz CT molecular complexity index is 746. The molecule has 2 aromatic carbocycles. The van der Waals surface area contributed by atoms with E-state index in [9.17, 15) is 0 Å². The van der Waals surface area contributed by atoms with Crippen LogP contribution < -0.4 is 0 Å². The van der Waals surface area contributed by atoms with Gasteiger partial charge in [0.05, 0.1) is 11.0 Å². The van der Waals surface area contributed by atoms with E-state index >= 15 is 0 Å². The highest BCUT2D eigenvalue weighted by atomic mass is 35.5. The Morgan fingerprint density at radius 3 is 2.71 bits per heavy atom. The number of imidazole rings is 1. The van der Waals surface area contributed by atoms with Crippen molar-refractivity contribution in [1.82, 2.24) is 9.55 Å². The minimum atomic E-state index is 0.750. The SMILES string of the molecule is CCCCCn1c(-c2cccc(Cl)c2)nc2ccccc21. The predicted molar refractivity (Wildman–Crippen MR) is 89.7 cm³/mol. The predicted octanol–water partition coefficient (Wildman–Crippen LogP) is 5.55. The van der Waals surface area contributed by atoms with Gasteiger partial charge in [0.2, 0.25) is 0 Å². The molecule has 0 atom stereocenters. The number of aryl methyl sites for hydroxylation is 1. The van der Waals surface area contributed by atoms with Crippen molar-refractivity contribution in [3.63, 3.8) is 0 Å². The zero-order valence-corrected chi connectivity index (χ0v) is 13.0. The molecule has 1 heterocycles. The molecule has 3 heteroatoms. The van der Waals surface area contributed by atoms with Crippen LogP contribution >= 0.6 is 11.6 Å². The molecule has 0 saturated carbocycles. The van der Waals surface area contributed by atoms with Crippen molar-refractivity contribution < 1.29 is 0 Å². The van der Waals surface area contributed by atoms with E-state index in [4.69, 9.17) is 16.6 Å². The Labute approximate surface area is 130 Å². The molecular formula is C18H19ClN2. The van der Waals surface area contributed by atoms with E-state index in [-0.39, 0.29) is 0 Å². The largest absolute Gasteiger partial charge is 0.324 e. The second-order valence-corrected chi connectivity index (χ2v) is 5.73. The van der Waals surface area contributed by atoms with Crippen LogP contribution in [-0.4, -0.2) is 9.55 Å². The smallest absolute Gasteiger partial charge is 0.141 e. The molecule has 0 aliphatic carbocycles. The van der Waals surface area contributed by atoms with Gasteiger partial charge >= 0.3 is 0 Å². The first-order valence-electron chi connectivity index (χ1n) is 7.51. The van der Waals surface area contributed by atoms with E-state index in [2.05, 4.69) is 35.8 Å². The van der Waals surface area contributed by atoms with Crippen molar-refractivity contribution in [3.8, 4) is 11.4 Å². The summed E-state index contributed by atoms with van der Waals surface area (Å²) in [5.41, 5.74) is 3.32. The van der Waals surface area contributed by atoms with Gasteiger partial charge in [0.1, 0.15) is 5.82 Å². The summed E-state index contributed by atoms with van der Waals surface area (Å²) in [5.74, 6) is 1.01. The molecule has 0 aliphatic rings. The van der Waals surface area contributed by atoms with Crippen LogP contribution in [0, 0.1) is 0 Å². The highest BCUT2D eigenvalue weighted by molar-refractivity contribution is 6.30. The number of benzene rings is 2. The topological polar surface area (TPSA) is 17.8 Å². The number of hydrogen-bond donors (Lipinski definition) is 0.